The van der Waals surface area contributed by atoms with E-state index in [2.05, 4.69) is 15.5 Å². The van der Waals surface area contributed by atoms with Crippen LogP contribution < -0.4 is 5.32 Å². The average Bonchev–Trinajstić information content (AvgIpc) is 3.03. The van der Waals surface area contributed by atoms with Gasteiger partial charge in [-0.25, -0.2) is 0 Å². The van der Waals surface area contributed by atoms with Gasteiger partial charge in [0.15, 0.2) is 0 Å². The van der Waals surface area contributed by atoms with Crippen molar-refractivity contribution in [1.82, 2.24) is 10.2 Å². The highest BCUT2D eigenvalue weighted by Gasteiger charge is 2.60. The van der Waals surface area contributed by atoms with Crippen LogP contribution in [0.3, 0.4) is 0 Å². The Kier molecular flexibility index (Phi) is 5.67. The van der Waals surface area contributed by atoms with Crippen molar-refractivity contribution in [3.05, 3.63) is 76.6 Å². The SMILES string of the molecule is CC1(C)C(C=C(Cl)Cl)C1C(=O)Nc1ccc(Cc2nnc(-c3ccccc3)o2)cc1. The molecule has 0 aliphatic heterocycles. The van der Waals surface area contributed by atoms with Crippen molar-refractivity contribution < 1.29 is 9.21 Å². The van der Waals surface area contributed by atoms with Gasteiger partial charge in [-0.3, -0.25) is 4.79 Å². The maximum absolute atomic E-state index is 12.6. The number of anilines is 1. The number of halogens is 2. The Bertz CT molecular complexity index is 1070. The summed E-state index contributed by atoms with van der Waals surface area (Å²) < 4.78 is 5.95. The predicted molar refractivity (Wildman–Crippen MR) is 118 cm³/mol. The molecule has 0 bridgehead atoms. The molecular formula is C23H21Cl2N3O2. The summed E-state index contributed by atoms with van der Waals surface area (Å²) in [6.45, 7) is 4.07. The molecule has 1 aromatic heterocycles. The van der Waals surface area contributed by atoms with Gasteiger partial charge in [-0.05, 0) is 47.2 Å². The Morgan fingerprint density at radius 1 is 1.10 bits per heavy atom. The number of allylic oxidation sites excluding steroid dienone is 1. The van der Waals surface area contributed by atoms with E-state index in [9.17, 15) is 4.79 Å². The maximum Gasteiger partial charge on any atom is 0.247 e. The summed E-state index contributed by atoms with van der Waals surface area (Å²) >= 11 is 11.5. The third-order valence-corrected chi connectivity index (χ3v) is 5.82. The first-order valence-corrected chi connectivity index (χ1v) is 10.4. The number of benzene rings is 2. The molecule has 2 aromatic carbocycles. The molecule has 30 heavy (non-hydrogen) atoms. The summed E-state index contributed by atoms with van der Waals surface area (Å²) in [5, 5.41) is 11.2. The molecule has 5 nitrogen and oxygen atoms in total. The molecule has 1 N–H and O–H groups in total. The van der Waals surface area contributed by atoms with Crippen molar-refractivity contribution in [2.45, 2.75) is 20.3 Å². The van der Waals surface area contributed by atoms with Gasteiger partial charge in [0.25, 0.3) is 0 Å². The van der Waals surface area contributed by atoms with E-state index >= 15 is 0 Å². The molecule has 1 aliphatic carbocycles. The lowest BCUT2D eigenvalue weighted by Gasteiger charge is -2.07. The molecule has 0 spiro atoms. The molecule has 1 saturated carbocycles. The monoisotopic (exact) mass is 441 g/mol. The average molecular weight is 442 g/mol. The Labute approximate surface area is 185 Å². The van der Waals surface area contributed by atoms with Crippen LogP contribution in [0.1, 0.15) is 25.3 Å². The van der Waals surface area contributed by atoms with Crippen LogP contribution in [-0.4, -0.2) is 16.1 Å². The van der Waals surface area contributed by atoms with E-state index in [0.29, 0.717) is 18.2 Å². The third kappa shape index (κ3) is 4.42. The minimum atomic E-state index is -0.159. The third-order valence-electron chi connectivity index (χ3n) is 5.56. The zero-order valence-corrected chi connectivity index (χ0v) is 18.1. The minimum absolute atomic E-state index is 0.0343. The Balaban J connectivity index is 1.38. The highest BCUT2D eigenvalue weighted by atomic mass is 35.5. The lowest BCUT2D eigenvalue weighted by Crippen LogP contribution is -2.16. The number of carbonyl (C=O) groups is 1. The van der Waals surface area contributed by atoms with Crippen LogP contribution in [0.4, 0.5) is 5.69 Å². The number of carbonyl (C=O) groups excluding carboxylic acids is 1. The van der Waals surface area contributed by atoms with Gasteiger partial charge in [0.1, 0.15) is 4.49 Å². The van der Waals surface area contributed by atoms with Gasteiger partial charge in [-0.15, -0.1) is 10.2 Å². The van der Waals surface area contributed by atoms with Crippen LogP contribution in [0.25, 0.3) is 11.5 Å². The van der Waals surface area contributed by atoms with Crippen LogP contribution in [0.5, 0.6) is 0 Å². The topological polar surface area (TPSA) is 68.0 Å². The van der Waals surface area contributed by atoms with Crippen LogP contribution in [0.2, 0.25) is 0 Å². The fraction of sp³-hybridized carbons (Fsp3) is 0.261. The molecule has 1 fully saturated rings. The summed E-state index contributed by atoms with van der Waals surface area (Å²) in [7, 11) is 0. The number of nitrogens with zero attached hydrogens (tertiary/aromatic N) is 2. The largest absolute Gasteiger partial charge is 0.420 e. The van der Waals surface area contributed by atoms with Gasteiger partial charge in [-0.1, -0.05) is 67.4 Å². The van der Waals surface area contributed by atoms with Crippen LogP contribution in [0, 0.1) is 17.3 Å². The number of nitrogens with one attached hydrogen (secondary N) is 1. The van der Waals surface area contributed by atoms with Crippen molar-refractivity contribution >= 4 is 34.8 Å². The molecule has 1 aliphatic rings. The summed E-state index contributed by atoms with van der Waals surface area (Å²) in [5.41, 5.74) is 2.48. The van der Waals surface area contributed by atoms with Gasteiger partial charge in [0, 0.05) is 11.3 Å². The van der Waals surface area contributed by atoms with E-state index in [0.717, 1.165) is 16.8 Å². The number of amides is 1. The van der Waals surface area contributed by atoms with Crippen molar-refractivity contribution in [2.24, 2.45) is 17.3 Å². The number of aromatic nitrogens is 2. The second kappa shape index (κ2) is 8.25. The van der Waals surface area contributed by atoms with E-state index in [4.69, 9.17) is 27.6 Å². The van der Waals surface area contributed by atoms with Gasteiger partial charge >= 0.3 is 0 Å². The summed E-state index contributed by atoms with van der Waals surface area (Å²) in [6, 6.07) is 17.3. The number of hydrogen-bond donors (Lipinski definition) is 1. The van der Waals surface area contributed by atoms with E-state index in [1.165, 1.54) is 0 Å². The number of rotatable bonds is 6. The highest BCUT2D eigenvalue weighted by molar-refractivity contribution is 6.55. The van der Waals surface area contributed by atoms with Crippen molar-refractivity contribution in [3.63, 3.8) is 0 Å². The van der Waals surface area contributed by atoms with E-state index in [1.807, 2.05) is 68.4 Å². The fourth-order valence-electron chi connectivity index (χ4n) is 3.75. The Hall–Kier alpha value is -2.63. The molecule has 1 heterocycles. The molecule has 4 rings (SSSR count). The minimum Gasteiger partial charge on any atom is -0.420 e. The van der Waals surface area contributed by atoms with Gasteiger partial charge < -0.3 is 9.73 Å². The zero-order valence-electron chi connectivity index (χ0n) is 16.6. The lowest BCUT2D eigenvalue weighted by atomic mass is 10.1. The summed E-state index contributed by atoms with van der Waals surface area (Å²) in [6.07, 6.45) is 2.26. The first kappa shape index (κ1) is 20.6. The Morgan fingerprint density at radius 3 is 2.47 bits per heavy atom. The molecule has 3 aromatic rings. The summed E-state index contributed by atoms with van der Waals surface area (Å²) in [5.74, 6) is 0.894. The highest BCUT2D eigenvalue weighted by Crippen LogP contribution is 2.60. The smallest absolute Gasteiger partial charge is 0.247 e. The fourth-order valence-corrected chi connectivity index (χ4v) is 4.02. The molecule has 0 radical (unpaired) electrons. The first-order valence-electron chi connectivity index (χ1n) is 9.65. The van der Waals surface area contributed by atoms with Gasteiger partial charge in [0.05, 0.1) is 12.3 Å². The van der Waals surface area contributed by atoms with E-state index in [1.54, 1.807) is 6.08 Å². The molecule has 0 saturated heterocycles. The van der Waals surface area contributed by atoms with E-state index < -0.39 is 0 Å². The molecule has 2 unspecified atom stereocenters. The zero-order chi connectivity index (χ0) is 21.3. The quantitative estimate of drug-likeness (QED) is 0.520. The van der Waals surface area contributed by atoms with Crippen molar-refractivity contribution in [2.75, 3.05) is 5.32 Å². The number of hydrogen-bond acceptors (Lipinski definition) is 4. The Morgan fingerprint density at radius 2 is 1.80 bits per heavy atom. The van der Waals surface area contributed by atoms with Crippen LogP contribution in [0.15, 0.2) is 69.6 Å². The van der Waals surface area contributed by atoms with Gasteiger partial charge in [-0.2, -0.15) is 0 Å². The van der Waals surface area contributed by atoms with E-state index in [-0.39, 0.29) is 27.6 Å². The molecule has 1 amide bonds. The second-order valence-corrected chi connectivity index (χ2v) is 9.02. The van der Waals surface area contributed by atoms with Crippen molar-refractivity contribution in [3.8, 4) is 11.5 Å². The normalized spacial score (nSPS) is 19.2. The van der Waals surface area contributed by atoms with Crippen LogP contribution >= 0.6 is 23.2 Å². The van der Waals surface area contributed by atoms with Crippen molar-refractivity contribution in [1.29, 1.82) is 0 Å². The second-order valence-electron chi connectivity index (χ2n) is 8.01. The molecule has 2 atom stereocenters. The standard InChI is InChI=1S/C23H21Cl2N3O2/c1-23(2)17(13-18(24)25)20(23)21(29)26-16-10-8-14(9-11-16)12-19-27-28-22(30-19)15-6-4-3-5-7-15/h3-11,13,17,20H,12H2,1-2H3,(H,26,29). The molecule has 154 valence electrons. The molecular weight excluding hydrogens is 421 g/mol. The maximum atomic E-state index is 12.6. The van der Waals surface area contributed by atoms with Gasteiger partial charge in [0.2, 0.25) is 17.7 Å². The van der Waals surface area contributed by atoms with Crippen LogP contribution in [-0.2, 0) is 11.2 Å². The summed E-state index contributed by atoms with van der Waals surface area (Å²) in [4.78, 5) is 12.6. The first-order chi connectivity index (χ1) is 14.3. The lowest BCUT2D eigenvalue weighted by molar-refractivity contribution is -0.118. The molecule has 7 heteroatoms. The predicted octanol–water partition coefficient (Wildman–Crippen LogP) is 5.86.